The van der Waals surface area contributed by atoms with Crippen LogP contribution in [-0.2, 0) is 6.42 Å². The maximum atomic E-state index is 4.76. The van der Waals surface area contributed by atoms with Gasteiger partial charge in [0.25, 0.3) is 0 Å². The fourth-order valence-electron chi connectivity index (χ4n) is 8.15. The number of hydrogen-bond acceptors (Lipinski definition) is 3. The Balaban J connectivity index is 1.01. The van der Waals surface area contributed by atoms with Gasteiger partial charge in [-0.15, -0.1) is 11.3 Å². The molecule has 0 aliphatic carbocycles. The van der Waals surface area contributed by atoms with Gasteiger partial charge in [0.2, 0.25) is 0 Å². The van der Waals surface area contributed by atoms with Gasteiger partial charge in [0.15, 0.2) is 0 Å². The normalized spacial score (nSPS) is 12.9. The summed E-state index contributed by atoms with van der Waals surface area (Å²) in [5.74, 6) is 0. The molecule has 11 rings (SSSR count). The summed E-state index contributed by atoms with van der Waals surface area (Å²) in [6.45, 7) is 0. The third-order valence-corrected chi connectivity index (χ3v) is 11.6. The number of aliphatic imine (C=N–C) groups is 1. The van der Waals surface area contributed by atoms with E-state index in [1.165, 1.54) is 75.6 Å². The Bertz CT molecular complexity index is 2990. The minimum atomic E-state index is 0.941. The third-order valence-electron chi connectivity index (χ3n) is 10.5. The first kappa shape index (κ1) is 28.5. The van der Waals surface area contributed by atoms with E-state index in [0.29, 0.717) is 0 Å². The van der Waals surface area contributed by atoms with Crippen LogP contribution in [0.2, 0.25) is 0 Å². The first-order valence-electron chi connectivity index (χ1n) is 17.5. The van der Waals surface area contributed by atoms with E-state index in [1.807, 2.05) is 29.8 Å². The van der Waals surface area contributed by atoms with E-state index in [1.54, 1.807) is 0 Å². The summed E-state index contributed by atoms with van der Waals surface area (Å²) in [7, 11) is 0. The molecule has 5 heterocycles. The Morgan fingerprint density at radius 2 is 1.14 bits per heavy atom. The highest BCUT2D eigenvalue weighted by molar-refractivity contribution is 7.25. The maximum absolute atomic E-state index is 4.76. The summed E-state index contributed by atoms with van der Waals surface area (Å²) in [5.41, 5.74) is 13.9. The minimum absolute atomic E-state index is 0.941. The zero-order valence-electron chi connectivity index (χ0n) is 27.6. The zero-order valence-corrected chi connectivity index (χ0v) is 28.4. The molecule has 1 aliphatic rings. The van der Waals surface area contributed by atoms with Crippen LogP contribution in [-0.4, -0.2) is 20.3 Å². The first-order valence-corrected chi connectivity index (χ1v) is 18.3. The molecule has 1 aliphatic heterocycles. The quantitative estimate of drug-likeness (QED) is 0.184. The van der Waals surface area contributed by atoms with Gasteiger partial charge in [-0.05, 0) is 108 Å². The number of pyridine rings is 1. The lowest BCUT2D eigenvalue weighted by Crippen LogP contribution is -2.03. The van der Waals surface area contributed by atoms with Crippen molar-refractivity contribution < 1.29 is 0 Å². The standard InChI is InChI=1S/C46H30N4S/c1-3-15-39-35(13-1)36-14-2-4-16-40(36)49(39)34-20-22-44-38(28-34)37-27-32(19-21-43(37)51-44)30-10-5-9-29(25-30)31-11-6-12-33(26-31)50-41-17-7-23-47-45(41)46-42(50)18-8-24-48-46/h1-7,9-17,19-28H,8,18H2. The Labute approximate surface area is 298 Å². The number of benzene rings is 6. The lowest BCUT2D eigenvalue weighted by atomic mass is 9.97. The molecule has 0 unspecified atom stereocenters. The smallest absolute Gasteiger partial charge is 0.114 e. The van der Waals surface area contributed by atoms with Gasteiger partial charge in [0.1, 0.15) is 11.2 Å². The summed E-state index contributed by atoms with van der Waals surface area (Å²) < 4.78 is 7.37. The van der Waals surface area contributed by atoms with Gasteiger partial charge in [-0.3, -0.25) is 9.98 Å². The summed E-state index contributed by atoms with van der Waals surface area (Å²) in [6.07, 6.45) is 5.77. The molecule has 240 valence electrons. The number of thiophene rings is 1. The van der Waals surface area contributed by atoms with Gasteiger partial charge in [-0.2, -0.15) is 0 Å². The van der Waals surface area contributed by atoms with E-state index in [-0.39, 0.29) is 0 Å². The van der Waals surface area contributed by atoms with E-state index in [2.05, 4.69) is 149 Å². The molecule has 51 heavy (non-hydrogen) atoms. The summed E-state index contributed by atoms with van der Waals surface area (Å²) >= 11 is 1.86. The van der Waals surface area contributed by atoms with E-state index < -0.39 is 0 Å². The summed E-state index contributed by atoms with van der Waals surface area (Å²) in [5, 5.41) is 5.15. The predicted molar refractivity (Wildman–Crippen MR) is 216 cm³/mol. The average molecular weight is 671 g/mol. The molecule has 0 radical (unpaired) electrons. The van der Waals surface area contributed by atoms with Crippen LogP contribution < -0.4 is 0 Å². The number of para-hydroxylation sites is 2. The van der Waals surface area contributed by atoms with Crippen molar-refractivity contribution in [2.75, 3.05) is 0 Å². The highest BCUT2D eigenvalue weighted by Gasteiger charge is 2.21. The predicted octanol–water partition coefficient (Wildman–Crippen LogP) is 12.5. The zero-order chi connectivity index (χ0) is 33.5. The van der Waals surface area contributed by atoms with Crippen molar-refractivity contribution in [1.82, 2.24) is 14.1 Å². The molecule has 6 aromatic carbocycles. The van der Waals surface area contributed by atoms with E-state index in [9.17, 15) is 0 Å². The monoisotopic (exact) mass is 670 g/mol. The fraction of sp³-hybridized carbons (Fsp3) is 0.0435. The highest BCUT2D eigenvalue weighted by atomic mass is 32.1. The molecule has 0 bridgehead atoms. The first-order chi connectivity index (χ1) is 25.3. The fourth-order valence-corrected chi connectivity index (χ4v) is 9.22. The second-order valence-corrected chi connectivity index (χ2v) is 14.4. The third kappa shape index (κ3) is 4.38. The number of rotatable bonds is 4. The number of hydrogen-bond donors (Lipinski definition) is 0. The Kier molecular flexibility index (Phi) is 6.21. The van der Waals surface area contributed by atoms with Gasteiger partial charge in [-0.1, -0.05) is 72.8 Å². The van der Waals surface area contributed by atoms with Crippen molar-refractivity contribution in [3.63, 3.8) is 0 Å². The second kappa shape index (κ2) is 11.1. The minimum Gasteiger partial charge on any atom is -0.310 e. The average Bonchev–Trinajstić information content (AvgIpc) is 3.85. The maximum Gasteiger partial charge on any atom is 0.114 e. The molecular weight excluding hydrogens is 641 g/mol. The Hall–Kier alpha value is -6.30. The molecule has 0 spiro atoms. The molecule has 0 saturated carbocycles. The van der Waals surface area contributed by atoms with Gasteiger partial charge >= 0.3 is 0 Å². The van der Waals surface area contributed by atoms with Crippen molar-refractivity contribution in [1.29, 1.82) is 0 Å². The molecule has 10 aromatic rings. The van der Waals surface area contributed by atoms with Gasteiger partial charge < -0.3 is 9.13 Å². The summed E-state index contributed by atoms with van der Waals surface area (Å²) in [6, 6.07) is 53.3. The molecule has 4 aromatic heterocycles. The topological polar surface area (TPSA) is 35.1 Å². The van der Waals surface area contributed by atoms with Crippen LogP contribution >= 0.6 is 11.3 Å². The molecule has 0 N–H and O–H groups in total. The van der Waals surface area contributed by atoms with Crippen LogP contribution in [0.5, 0.6) is 0 Å². The molecule has 5 heteroatoms. The largest absolute Gasteiger partial charge is 0.310 e. The number of nitrogens with zero attached hydrogens (tertiary/aromatic N) is 4. The van der Waals surface area contributed by atoms with Crippen LogP contribution in [0.4, 0.5) is 5.69 Å². The van der Waals surface area contributed by atoms with E-state index >= 15 is 0 Å². The van der Waals surface area contributed by atoms with Crippen LogP contribution in [0.1, 0.15) is 12.1 Å². The second-order valence-electron chi connectivity index (χ2n) is 13.3. The molecule has 4 nitrogen and oxygen atoms in total. The highest BCUT2D eigenvalue weighted by Crippen LogP contribution is 2.41. The van der Waals surface area contributed by atoms with Crippen molar-refractivity contribution in [3.05, 3.63) is 157 Å². The molecular formula is C46H30N4S. The summed E-state index contributed by atoms with van der Waals surface area (Å²) in [4.78, 5) is 9.47. The number of aromatic nitrogens is 3. The Morgan fingerprint density at radius 3 is 1.94 bits per heavy atom. The van der Waals surface area contributed by atoms with Crippen LogP contribution in [0, 0.1) is 0 Å². The molecule has 0 amide bonds. The van der Waals surface area contributed by atoms with Crippen LogP contribution in [0.3, 0.4) is 0 Å². The van der Waals surface area contributed by atoms with Crippen molar-refractivity contribution in [2.24, 2.45) is 4.99 Å². The van der Waals surface area contributed by atoms with E-state index in [4.69, 9.17) is 9.98 Å². The molecule has 0 atom stereocenters. The lowest BCUT2D eigenvalue weighted by molar-refractivity contribution is 0.913. The van der Waals surface area contributed by atoms with Gasteiger partial charge in [0.05, 0.1) is 22.2 Å². The number of fused-ring (bicyclic) bond motifs is 9. The molecule has 0 fully saturated rings. The molecule has 0 saturated heterocycles. The van der Waals surface area contributed by atoms with Crippen molar-refractivity contribution in [3.8, 4) is 33.6 Å². The van der Waals surface area contributed by atoms with Crippen LogP contribution in [0.25, 0.3) is 86.6 Å². The van der Waals surface area contributed by atoms with Crippen molar-refractivity contribution in [2.45, 2.75) is 12.8 Å². The van der Waals surface area contributed by atoms with Gasteiger partial charge in [0, 0.05) is 54.7 Å². The lowest BCUT2D eigenvalue weighted by Gasteiger charge is -2.14. The SMILES string of the molecule is C1=Nc2c(n(-c3cccc(-c4cccc(-c5ccc6sc7ccc(-n8c9ccccc9c9ccccc98)cc7c6c5)c4)c3)c3cccnc23)CC1. The Morgan fingerprint density at radius 1 is 0.490 bits per heavy atom. The van der Waals surface area contributed by atoms with Crippen molar-refractivity contribution >= 4 is 76.3 Å². The van der Waals surface area contributed by atoms with Crippen LogP contribution in [0.15, 0.2) is 157 Å². The van der Waals surface area contributed by atoms with Gasteiger partial charge in [-0.25, -0.2) is 0 Å². The van der Waals surface area contributed by atoms with E-state index in [0.717, 1.165) is 35.2 Å².